The fraction of sp³-hybridized carbons (Fsp3) is 0.333. The molecule has 2 aromatic rings. The molecule has 1 heterocycles. The van der Waals surface area contributed by atoms with Crippen LogP contribution in [0.4, 0.5) is 0 Å². The number of para-hydroxylation sites is 1. The third-order valence-corrected chi connectivity index (χ3v) is 3.49. The van der Waals surface area contributed by atoms with Crippen LogP contribution in [0.25, 0.3) is 11.0 Å². The van der Waals surface area contributed by atoms with Crippen LogP contribution >= 0.6 is 23.8 Å². The van der Waals surface area contributed by atoms with Crippen LogP contribution in [0, 0.1) is 10.7 Å². The highest BCUT2D eigenvalue weighted by Gasteiger charge is 2.25. The van der Waals surface area contributed by atoms with Gasteiger partial charge in [0.25, 0.3) is 0 Å². The van der Waals surface area contributed by atoms with Crippen LogP contribution in [-0.2, 0) is 4.79 Å². The molecule has 0 aliphatic heterocycles. The Morgan fingerprint density at radius 1 is 1.50 bits per heavy atom. The number of H-pyrrole nitrogens is 1. The molecule has 1 aromatic carbocycles. The number of primary amides is 1. The summed E-state index contributed by atoms with van der Waals surface area (Å²) >= 11 is 11.5. The van der Waals surface area contributed by atoms with E-state index in [9.17, 15) is 4.79 Å². The summed E-state index contributed by atoms with van der Waals surface area (Å²) in [5.74, 6) is -0.383. The van der Waals surface area contributed by atoms with Crippen molar-refractivity contribution in [2.24, 2.45) is 11.7 Å². The van der Waals surface area contributed by atoms with Crippen molar-refractivity contribution in [1.29, 1.82) is 0 Å². The Kier molecular flexibility index (Phi) is 3.45. The molecule has 0 fully saturated rings. The average Bonchev–Trinajstić information content (AvgIpc) is 2.56. The molecule has 96 valence electrons. The minimum absolute atomic E-state index is 0.0319. The van der Waals surface area contributed by atoms with Crippen molar-refractivity contribution >= 4 is 40.8 Å². The Morgan fingerprint density at radius 3 is 2.72 bits per heavy atom. The molecule has 0 bridgehead atoms. The Labute approximate surface area is 115 Å². The molecule has 0 spiro atoms. The maximum Gasteiger partial charge on any atom is 0.240 e. The van der Waals surface area contributed by atoms with E-state index in [1.54, 1.807) is 10.6 Å². The van der Waals surface area contributed by atoms with Gasteiger partial charge in [0.15, 0.2) is 4.77 Å². The zero-order valence-corrected chi connectivity index (χ0v) is 11.7. The smallest absolute Gasteiger partial charge is 0.240 e. The number of fused-ring (bicyclic) bond motifs is 1. The minimum atomic E-state index is -0.508. The SMILES string of the molecule is CC(C)C(C(N)=O)n1c(=S)[nH]c2cccc(Cl)c21. The summed E-state index contributed by atoms with van der Waals surface area (Å²) in [5.41, 5.74) is 7.00. The van der Waals surface area contributed by atoms with Gasteiger partial charge in [-0.05, 0) is 30.3 Å². The quantitative estimate of drug-likeness (QED) is 0.851. The number of hydrogen-bond acceptors (Lipinski definition) is 2. The predicted molar refractivity (Wildman–Crippen MR) is 75.2 cm³/mol. The lowest BCUT2D eigenvalue weighted by Crippen LogP contribution is -2.30. The number of rotatable bonds is 3. The standard InChI is InChI=1S/C12H14ClN3OS/c1-6(2)9(11(14)17)16-10-7(13)4-3-5-8(10)15-12(16)18/h3-6,9H,1-2H3,(H2,14,17)(H,15,18). The first kappa shape index (κ1) is 13.1. The number of benzene rings is 1. The lowest BCUT2D eigenvalue weighted by molar-refractivity contribution is -0.122. The maximum atomic E-state index is 11.6. The van der Waals surface area contributed by atoms with E-state index in [0.717, 1.165) is 11.0 Å². The number of nitrogens with two attached hydrogens (primary N) is 1. The molecule has 0 aliphatic rings. The van der Waals surface area contributed by atoms with Gasteiger partial charge in [-0.1, -0.05) is 31.5 Å². The van der Waals surface area contributed by atoms with Gasteiger partial charge >= 0.3 is 0 Å². The van der Waals surface area contributed by atoms with Crippen LogP contribution in [0.2, 0.25) is 5.02 Å². The number of halogens is 1. The third-order valence-electron chi connectivity index (χ3n) is 2.89. The maximum absolute atomic E-state index is 11.6. The predicted octanol–water partition coefficient (Wildman–Crippen LogP) is 3.03. The molecule has 0 saturated carbocycles. The number of nitrogens with zero attached hydrogens (tertiary/aromatic N) is 1. The fourth-order valence-electron chi connectivity index (χ4n) is 2.16. The van der Waals surface area contributed by atoms with Crippen LogP contribution < -0.4 is 5.73 Å². The summed E-state index contributed by atoms with van der Waals surface area (Å²) < 4.78 is 2.16. The van der Waals surface area contributed by atoms with E-state index in [4.69, 9.17) is 29.6 Å². The first-order valence-electron chi connectivity index (χ1n) is 5.61. The molecule has 1 amide bonds. The van der Waals surface area contributed by atoms with Gasteiger partial charge in [0.1, 0.15) is 6.04 Å². The van der Waals surface area contributed by atoms with Crippen molar-refractivity contribution in [2.45, 2.75) is 19.9 Å². The van der Waals surface area contributed by atoms with E-state index in [1.165, 1.54) is 0 Å². The zero-order valence-electron chi connectivity index (χ0n) is 10.1. The van der Waals surface area contributed by atoms with Crippen molar-refractivity contribution in [3.8, 4) is 0 Å². The number of aromatic amines is 1. The molecule has 1 unspecified atom stereocenters. The van der Waals surface area contributed by atoms with Gasteiger partial charge in [-0.25, -0.2) is 0 Å². The largest absolute Gasteiger partial charge is 0.368 e. The molecule has 0 saturated heterocycles. The van der Waals surface area contributed by atoms with Gasteiger partial charge in [0, 0.05) is 0 Å². The first-order valence-corrected chi connectivity index (χ1v) is 6.40. The molecule has 6 heteroatoms. The second-order valence-corrected chi connectivity index (χ2v) is 5.32. The zero-order chi connectivity index (χ0) is 13.4. The number of carbonyl (C=O) groups is 1. The third kappa shape index (κ3) is 2.04. The van der Waals surface area contributed by atoms with Crippen LogP contribution in [0.1, 0.15) is 19.9 Å². The van der Waals surface area contributed by atoms with E-state index in [1.807, 2.05) is 26.0 Å². The first-order chi connectivity index (χ1) is 8.43. The highest BCUT2D eigenvalue weighted by molar-refractivity contribution is 7.71. The van der Waals surface area contributed by atoms with Gasteiger partial charge in [0.2, 0.25) is 5.91 Å². The highest BCUT2D eigenvalue weighted by atomic mass is 35.5. The lowest BCUT2D eigenvalue weighted by Gasteiger charge is -2.20. The Balaban J connectivity index is 2.81. The van der Waals surface area contributed by atoms with Gasteiger partial charge in [0.05, 0.1) is 16.1 Å². The molecule has 3 N–H and O–H groups in total. The van der Waals surface area contributed by atoms with Crippen molar-refractivity contribution < 1.29 is 4.79 Å². The second kappa shape index (κ2) is 4.74. The van der Waals surface area contributed by atoms with E-state index in [-0.39, 0.29) is 5.92 Å². The average molecular weight is 284 g/mol. The molecule has 1 aromatic heterocycles. The number of carbonyl (C=O) groups excluding carboxylic acids is 1. The number of hydrogen-bond donors (Lipinski definition) is 2. The van der Waals surface area contributed by atoms with Crippen LogP contribution in [0.5, 0.6) is 0 Å². The van der Waals surface area contributed by atoms with Gasteiger partial charge in [-0.3, -0.25) is 4.79 Å². The number of aromatic nitrogens is 2. The topological polar surface area (TPSA) is 63.8 Å². The lowest BCUT2D eigenvalue weighted by atomic mass is 10.0. The molecular formula is C12H14ClN3OS. The highest BCUT2D eigenvalue weighted by Crippen LogP contribution is 2.29. The van der Waals surface area contributed by atoms with E-state index >= 15 is 0 Å². The molecule has 0 radical (unpaired) electrons. The molecule has 4 nitrogen and oxygen atoms in total. The fourth-order valence-corrected chi connectivity index (χ4v) is 2.74. The van der Waals surface area contributed by atoms with E-state index in [2.05, 4.69) is 4.98 Å². The van der Waals surface area contributed by atoms with Gasteiger partial charge in [-0.15, -0.1) is 0 Å². The number of amides is 1. The summed E-state index contributed by atoms with van der Waals surface area (Å²) in [6.07, 6.45) is 0. The van der Waals surface area contributed by atoms with E-state index in [0.29, 0.717) is 9.79 Å². The minimum Gasteiger partial charge on any atom is -0.368 e. The summed E-state index contributed by atoms with van der Waals surface area (Å²) in [5, 5.41) is 0.548. The number of nitrogens with one attached hydrogen (secondary N) is 1. The molecule has 1 atom stereocenters. The van der Waals surface area contributed by atoms with Crippen LogP contribution in [-0.4, -0.2) is 15.5 Å². The molecular weight excluding hydrogens is 270 g/mol. The monoisotopic (exact) mass is 283 g/mol. The molecule has 2 rings (SSSR count). The van der Waals surface area contributed by atoms with Gasteiger partial charge < -0.3 is 15.3 Å². The molecule has 18 heavy (non-hydrogen) atoms. The second-order valence-electron chi connectivity index (χ2n) is 4.53. The summed E-state index contributed by atoms with van der Waals surface area (Å²) in [4.78, 5) is 14.7. The van der Waals surface area contributed by atoms with Gasteiger partial charge in [-0.2, -0.15) is 0 Å². The Morgan fingerprint density at radius 2 is 2.17 bits per heavy atom. The normalized spacial score (nSPS) is 13.1. The van der Waals surface area contributed by atoms with Crippen molar-refractivity contribution in [3.63, 3.8) is 0 Å². The number of imidazole rings is 1. The summed E-state index contributed by atoms with van der Waals surface area (Å²) in [7, 11) is 0. The molecule has 0 aliphatic carbocycles. The summed E-state index contributed by atoms with van der Waals surface area (Å²) in [6, 6.07) is 4.95. The summed E-state index contributed by atoms with van der Waals surface area (Å²) in [6.45, 7) is 3.85. The van der Waals surface area contributed by atoms with Crippen LogP contribution in [0.15, 0.2) is 18.2 Å². The van der Waals surface area contributed by atoms with E-state index < -0.39 is 11.9 Å². The Hall–Kier alpha value is -1.33. The van der Waals surface area contributed by atoms with Crippen molar-refractivity contribution in [1.82, 2.24) is 9.55 Å². The van der Waals surface area contributed by atoms with Crippen molar-refractivity contribution in [2.75, 3.05) is 0 Å². The van der Waals surface area contributed by atoms with Crippen LogP contribution in [0.3, 0.4) is 0 Å². The Bertz CT molecular complexity index is 659. The van der Waals surface area contributed by atoms with Crippen molar-refractivity contribution in [3.05, 3.63) is 28.0 Å².